The third-order valence-corrected chi connectivity index (χ3v) is 7.34. The summed E-state index contributed by atoms with van der Waals surface area (Å²) in [4.78, 5) is 66.3. The van der Waals surface area contributed by atoms with E-state index in [0.717, 1.165) is 24.8 Å². The van der Waals surface area contributed by atoms with E-state index in [0.29, 0.717) is 6.42 Å². The second kappa shape index (κ2) is 11.9. The highest BCUT2D eigenvalue weighted by Gasteiger charge is 2.49. The van der Waals surface area contributed by atoms with Gasteiger partial charge in [-0.2, -0.15) is 0 Å². The van der Waals surface area contributed by atoms with Crippen molar-refractivity contribution >= 4 is 29.5 Å². The minimum Gasteiger partial charge on any atom is -0.363 e. The Bertz CT molecular complexity index is 958. The van der Waals surface area contributed by atoms with E-state index in [1.807, 2.05) is 55.4 Å². The number of urea groups is 1. The maximum atomic E-state index is 14.0. The predicted molar refractivity (Wildman–Crippen MR) is 146 cm³/mol. The first-order chi connectivity index (χ1) is 17.3. The third kappa shape index (κ3) is 7.80. The smallest absolute Gasteiger partial charge is 0.315 e. The van der Waals surface area contributed by atoms with Crippen molar-refractivity contribution in [2.45, 2.75) is 105 Å². The van der Waals surface area contributed by atoms with Crippen molar-refractivity contribution in [1.29, 1.82) is 0 Å². The van der Waals surface area contributed by atoms with Gasteiger partial charge in [0.2, 0.25) is 17.6 Å². The monoisotopic (exact) mass is 533 g/mol. The Morgan fingerprint density at radius 3 is 2.03 bits per heavy atom. The van der Waals surface area contributed by atoms with Crippen LogP contribution in [0.4, 0.5) is 4.79 Å². The summed E-state index contributed by atoms with van der Waals surface area (Å²) in [7, 11) is 0. The first kappa shape index (κ1) is 31.3. The fourth-order valence-electron chi connectivity index (χ4n) is 5.24. The molecule has 0 spiro atoms. The highest BCUT2D eigenvalue weighted by atomic mass is 16.2. The average Bonchev–Trinajstić information content (AvgIpc) is 3.07. The summed E-state index contributed by atoms with van der Waals surface area (Å²) in [5.74, 6) is -3.04. The number of carbonyl (C=O) groups excluding carboxylic acids is 5. The van der Waals surface area contributed by atoms with Gasteiger partial charge >= 0.3 is 6.03 Å². The van der Waals surface area contributed by atoms with Gasteiger partial charge in [0.15, 0.2) is 0 Å². The average molecular weight is 534 g/mol. The second-order valence-corrected chi connectivity index (χ2v) is 13.3. The van der Waals surface area contributed by atoms with Crippen LogP contribution < -0.4 is 21.7 Å². The molecule has 5 N–H and O–H groups in total. The molecule has 0 radical (unpaired) electrons. The van der Waals surface area contributed by atoms with Gasteiger partial charge in [-0.15, -0.1) is 0 Å². The third-order valence-electron chi connectivity index (χ3n) is 7.34. The molecule has 10 heteroatoms. The Hall–Kier alpha value is -2.91. The molecule has 4 atom stereocenters. The Labute approximate surface area is 226 Å². The molecule has 1 saturated carbocycles. The van der Waals surface area contributed by atoms with E-state index >= 15 is 0 Å². The van der Waals surface area contributed by atoms with E-state index < -0.39 is 58.6 Å². The second-order valence-electron chi connectivity index (χ2n) is 13.3. The van der Waals surface area contributed by atoms with Gasteiger partial charge in [-0.3, -0.25) is 19.2 Å². The van der Waals surface area contributed by atoms with Crippen LogP contribution in [-0.2, 0) is 19.2 Å². The van der Waals surface area contributed by atoms with Gasteiger partial charge in [0.1, 0.15) is 12.1 Å². The number of Topliss-reactive ketones (excluding diaryl/α,β-unsaturated/α-hetero) is 1. The normalized spacial score (nSPS) is 21.9. The highest BCUT2D eigenvalue weighted by molar-refractivity contribution is 6.37. The molecule has 10 nitrogen and oxygen atoms in total. The van der Waals surface area contributed by atoms with Crippen LogP contribution in [0.25, 0.3) is 0 Å². The molecule has 0 bridgehead atoms. The highest BCUT2D eigenvalue weighted by Crippen LogP contribution is 2.37. The first-order valence-corrected chi connectivity index (χ1v) is 13.5. The van der Waals surface area contributed by atoms with Gasteiger partial charge in [-0.25, -0.2) is 4.79 Å². The number of hydrogen-bond donors (Lipinski definition) is 4. The number of likely N-dealkylation sites (tertiary alicyclic amines) is 1. The molecule has 1 aliphatic carbocycles. The van der Waals surface area contributed by atoms with E-state index in [4.69, 9.17) is 5.73 Å². The molecular formula is C28H47N5O5. The molecule has 2 aliphatic rings. The van der Waals surface area contributed by atoms with Crippen LogP contribution in [0.15, 0.2) is 12.2 Å². The molecule has 0 aromatic heterocycles. The number of amides is 5. The van der Waals surface area contributed by atoms with E-state index in [1.165, 1.54) is 4.90 Å². The zero-order valence-corrected chi connectivity index (χ0v) is 24.3. The standard InChI is InChI=1S/C28H47N5O5/c1-15(2)19-16(3)14-33(25(37)22(27(4,5)6)31-26(38)32-28(7,8)9)20(19)24(36)30-18(21(34)23(29)35)13-17-11-10-12-17/h15,17-20,22H,3,10-14H2,1-2,4-9H3,(H2,29,35)(H,30,36)(H2,31,32,38)/t18-,19+,20+,22-/m1/s1. The lowest BCUT2D eigenvalue weighted by Crippen LogP contribution is -2.62. The quantitative estimate of drug-likeness (QED) is 0.265. The number of nitrogens with two attached hydrogens (primary N) is 1. The van der Waals surface area contributed by atoms with E-state index in [9.17, 15) is 24.0 Å². The molecule has 0 aromatic rings. The zero-order chi connectivity index (χ0) is 29.2. The minimum absolute atomic E-state index is 0.0294. The molecule has 1 saturated heterocycles. The summed E-state index contributed by atoms with van der Waals surface area (Å²) < 4.78 is 0. The van der Waals surface area contributed by atoms with Crippen LogP contribution in [-0.4, -0.2) is 64.6 Å². The lowest BCUT2D eigenvalue weighted by atomic mass is 9.79. The van der Waals surface area contributed by atoms with Crippen molar-refractivity contribution in [3.05, 3.63) is 12.2 Å². The van der Waals surface area contributed by atoms with Crippen molar-refractivity contribution in [3.8, 4) is 0 Å². The van der Waals surface area contributed by atoms with Crippen LogP contribution in [0.5, 0.6) is 0 Å². The number of primary amides is 1. The zero-order valence-electron chi connectivity index (χ0n) is 24.3. The van der Waals surface area contributed by atoms with Gasteiger partial charge in [0.05, 0.1) is 6.04 Å². The number of nitrogens with one attached hydrogen (secondary N) is 3. The van der Waals surface area contributed by atoms with Crippen LogP contribution in [0.1, 0.15) is 81.1 Å². The number of nitrogens with zero attached hydrogens (tertiary/aromatic N) is 1. The Balaban J connectivity index is 2.38. The van der Waals surface area contributed by atoms with Gasteiger partial charge in [-0.1, -0.05) is 66.0 Å². The molecular weight excluding hydrogens is 486 g/mol. The van der Waals surface area contributed by atoms with Crippen molar-refractivity contribution in [3.63, 3.8) is 0 Å². The largest absolute Gasteiger partial charge is 0.363 e. The number of hydrogen-bond acceptors (Lipinski definition) is 5. The summed E-state index contributed by atoms with van der Waals surface area (Å²) >= 11 is 0. The molecule has 214 valence electrons. The van der Waals surface area contributed by atoms with Crippen LogP contribution in [0.2, 0.25) is 0 Å². The van der Waals surface area contributed by atoms with Crippen LogP contribution >= 0.6 is 0 Å². The molecule has 5 amide bonds. The maximum Gasteiger partial charge on any atom is 0.315 e. The number of ketones is 1. The Morgan fingerprint density at radius 1 is 1.03 bits per heavy atom. The van der Waals surface area contributed by atoms with Crippen LogP contribution in [0.3, 0.4) is 0 Å². The Kier molecular flexibility index (Phi) is 9.78. The maximum absolute atomic E-state index is 14.0. The van der Waals surface area contributed by atoms with Gasteiger partial charge in [-0.05, 0) is 44.4 Å². The molecule has 1 aliphatic heterocycles. The van der Waals surface area contributed by atoms with Gasteiger partial charge in [0, 0.05) is 18.0 Å². The lowest BCUT2D eigenvalue weighted by Gasteiger charge is -2.37. The molecule has 0 unspecified atom stereocenters. The summed E-state index contributed by atoms with van der Waals surface area (Å²) in [5.41, 5.74) is 4.83. The fourth-order valence-corrected chi connectivity index (χ4v) is 5.24. The first-order valence-electron chi connectivity index (χ1n) is 13.5. The minimum atomic E-state index is -1.10. The molecule has 2 rings (SSSR count). The van der Waals surface area contributed by atoms with E-state index in [2.05, 4.69) is 22.5 Å². The van der Waals surface area contributed by atoms with Crippen molar-refractivity contribution in [2.75, 3.05) is 6.54 Å². The topological polar surface area (TPSA) is 151 Å². The van der Waals surface area contributed by atoms with Crippen molar-refractivity contribution in [2.24, 2.45) is 28.9 Å². The Morgan fingerprint density at radius 2 is 1.61 bits per heavy atom. The molecule has 2 fully saturated rings. The fraction of sp³-hybridized carbons (Fsp3) is 0.750. The SMILES string of the molecule is C=C1CN(C(=O)[C@@H](NC(=O)NC(C)(C)C)C(C)(C)C)[C@H](C(=O)N[C@H](CC2CCC2)C(=O)C(N)=O)[C@H]1C(C)C. The summed E-state index contributed by atoms with van der Waals surface area (Å²) in [6, 6.07) is -3.41. The molecule has 1 heterocycles. The summed E-state index contributed by atoms with van der Waals surface area (Å²) in [6.45, 7) is 19.2. The van der Waals surface area contributed by atoms with Crippen molar-refractivity contribution < 1.29 is 24.0 Å². The number of carbonyl (C=O) groups is 5. The molecule has 38 heavy (non-hydrogen) atoms. The van der Waals surface area contributed by atoms with Gasteiger partial charge < -0.3 is 26.6 Å². The van der Waals surface area contributed by atoms with E-state index in [1.54, 1.807) is 0 Å². The van der Waals surface area contributed by atoms with Crippen LogP contribution in [0, 0.1) is 23.2 Å². The van der Waals surface area contributed by atoms with Gasteiger partial charge in [0.25, 0.3) is 5.91 Å². The lowest BCUT2D eigenvalue weighted by molar-refractivity contribution is -0.144. The summed E-state index contributed by atoms with van der Waals surface area (Å²) in [5, 5.41) is 8.38. The summed E-state index contributed by atoms with van der Waals surface area (Å²) in [6.07, 6.45) is 3.22. The van der Waals surface area contributed by atoms with Crippen molar-refractivity contribution in [1.82, 2.24) is 20.9 Å². The predicted octanol–water partition coefficient (Wildman–Crippen LogP) is 2.27. The number of rotatable bonds is 9. The van der Waals surface area contributed by atoms with E-state index in [-0.39, 0.29) is 24.3 Å². The molecule has 0 aromatic carbocycles.